The molecule has 0 aliphatic carbocycles. The van der Waals surface area contributed by atoms with Gasteiger partial charge in [-0.15, -0.1) is 0 Å². The number of carbonyl (C=O) groups is 1. The van der Waals surface area contributed by atoms with E-state index in [1.165, 1.54) is 12.5 Å². The average molecular weight is 275 g/mol. The molecule has 1 aromatic heterocycles. The van der Waals surface area contributed by atoms with Gasteiger partial charge in [0.1, 0.15) is 9.84 Å². The normalized spacial score (nSPS) is 11.8. The number of nitrogens with two attached hydrogens (primary N) is 1. The van der Waals surface area contributed by atoms with Crippen LogP contribution in [0.2, 0.25) is 0 Å². The van der Waals surface area contributed by atoms with E-state index < -0.39 is 15.7 Å². The molecule has 0 radical (unpaired) electrons. The molecule has 102 valence electrons. The number of nitrogens with one attached hydrogen (secondary N) is 1. The summed E-state index contributed by atoms with van der Waals surface area (Å²) in [6, 6.07) is 1.65. The highest BCUT2D eigenvalue weighted by atomic mass is 32.2. The van der Waals surface area contributed by atoms with Crippen LogP contribution in [0.3, 0.4) is 0 Å². The van der Waals surface area contributed by atoms with Crippen LogP contribution >= 0.6 is 0 Å². The summed E-state index contributed by atoms with van der Waals surface area (Å²) >= 11 is 0. The van der Waals surface area contributed by atoms with Crippen LogP contribution in [0.1, 0.15) is 16.1 Å². The van der Waals surface area contributed by atoms with Crippen molar-refractivity contribution in [3.05, 3.63) is 23.7 Å². The summed E-state index contributed by atoms with van der Waals surface area (Å²) in [5.74, 6) is 4.73. The predicted molar refractivity (Wildman–Crippen MR) is 66.4 cm³/mol. The quantitative estimate of drug-likeness (QED) is 0.406. The molecular weight excluding hydrogens is 258 g/mol. The zero-order valence-electron chi connectivity index (χ0n) is 10.3. The van der Waals surface area contributed by atoms with E-state index in [4.69, 9.17) is 10.3 Å². The summed E-state index contributed by atoms with van der Waals surface area (Å²) < 4.78 is 27.1. The first-order valence-corrected chi connectivity index (χ1v) is 7.33. The Hall–Kier alpha value is -1.38. The SMILES string of the molecule is CN(CCS(C)(=O)=O)Cc1ccoc1C(=O)NN. The largest absolute Gasteiger partial charge is 0.459 e. The Bertz CT molecular complexity index is 509. The lowest BCUT2D eigenvalue weighted by atomic mass is 10.2. The van der Waals surface area contributed by atoms with Crippen LogP contribution in [0, 0.1) is 0 Å². The maximum Gasteiger partial charge on any atom is 0.301 e. The van der Waals surface area contributed by atoms with Gasteiger partial charge >= 0.3 is 5.91 Å². The average Bonchev–Trinajstić information content (AvgIpc) is 2.72. The smallest absolute Gasteiger partial charge is 0.301 e. The second kappa shape index (κ2) is 5.98. The first-order valence-electron chi connectivity index (χ1n) is 5.27. The monoisotopic (exact) mass is 275 g/mol. The summed E-state index contributed by atoms with van der Waals surface area (Å²) in [6.45, 7) is 0.794. The Balaban J connectivity index is 2.62. The van der Waals surface area contributed by atoms with Gasteiger partial charge in [-0.25, -0.2) is 14.3 Å². The van der Waals surface area contributed by atoms with Crippen LogP contribution in [-0.4, -0.2) is 44.8 Å². The molecule has 1 rings (SSSR count). The van der Waals surface area contributed by atoms with Crippen molar-refractivity contribution in [2.24, 2.45) is 5.84 Å². The Morgan fingerprint density at radius 3 is 2.78 bits per heavy atom. The van der Waals surface area contributed by atoms with Crippen LogP contribution in [0.15, 0.2) is 16.7 Å². The van der Waals surface area contributed by atoms with E-state index >= 15 is 0 Å². The van der Waals surface area contributed by atoms with Gasteiger partial charge in [-0.1, -0.05) is 0 Å². The van der Waals surface area contributed by atoms with Gasteiger partial charge < -0.3 is 9.32 Å². The minimum atomic E-state index is -2.99. The van der Waals surface area contributed by atoms with Gasteiger partial charge in [0.25, 0.3) is 0 Å². The van der Waals surface area contributed by atoms with E-state index in [1.807, 2.05) is 5.43 Å². The molecule has 7 nitrogen and oxygen atoms in total. The molecule has 0 saturated carbocycles. The molecule has 0 atom stereocenters. The van der Waals surface area contributed by atoms with Crippen molar-refractivity contribution in [2.45, 2.75) is 6.54 Å². The molecule has 1 amide bonds. The molecule has 0 aliphatic heterocycles. The molecule has 1 heterocycles. The molecule has 0 saturated heterocycles. The number of sulfone groups is 1. The molecule has 0 unspecified atom stereocenters. The summed E-state index contributed by atoms with van der Waals surface area (Å²) in [5, 5.41) is 0. The van der Waals surface area contributed by atoms with E-state index in [-0.39, 0.29) is 11.5 Å². The third-order valence-electron chi connectivity index (χ3n) is 2.37. The number of furan rings is 1. The summed E-state index contributed by atoms with van der Waals surface area (Å²) in [5.41, 5.74) is 2.65. The zero-order valence-corrected chi connectivity index (χ0v) is 11.2. The molecule has 8 heteroatoms. The van der Waals surface area contributed by atoms with Crippen LogP contribution in [0.4, 0.5) is 0 Å². The number of nitrogens with zero attached hydrogens (tertiary/aromatic N) is 1. The third kappa shape index (κ3) is 4.47. The number of amides is 1. The highest BCUT2D eigenvalue weighted by Crippen LogP contribution is 2.12. The maximum atomic E-state index is 11.3. The van der Waals surface area contributed by atoms with Gasteiger partial charge in [-0.05, 0) is 13.1 Å². The van der Waals surface area contributed by atoms with E-state index in [9.17, 15) is 13.2 Å². The van der Waals surface area contributed by atoms with E-state index in [2.05, 4.69) is 0 Å². The molecule has 1 aromatic rings. The second-order valence-electron chi connectivity index (χ2n) is 4.12. The Morgan fingerprint density at radius 1 is 1.56 bits per heavy atom. The lowest BCUT2D eigenvalue weighted by molar-refractivity contribution is 0.0923. The Morgan fingerprint density at radius 2 is 2.22 bits per heavy atom. The predicted octanol–water partition coefficient (Wildman–Crippen LogP) is -0.640. The van der Waals surface area contributed by atoms with Gasteiger partial charge in [0.2, 0.25) is 0 Å². The highest BCUT2D eigenvalue weighted by molar-refractivity contribution is 7.90. The van der Waals surface area contributed by atoms with E-state index in [0.717, 1.165) is 0 Å². The van der Waals surface area contributed by atoms with Crippen LogP contribution in [-0.2, 0) is 16.4 Å². The molecule has 18 heavy (non-hydrogen) atoms. The minimum absolute atomic E-state index is 0.0692. The van der Waals surface area contributed by atoms with Crippen LogP contribution in [0.5, 0.6) is 0 Å². The first-order chi connectivity index (χ1) is 8.33. The molecule has 3 N–H and O–H groups in total. The van der Waals surface area contributed by atoms with Crippen molar-refractivity contribution >= 4 is 15.7 Å². The third-order valence-corrected chi connectivity index (χ3v) is 3.29. The van der Waals surface area contributed by atoms with E-state index in [1.54, 1.807) is 18.0 Å². The number of nitrogen functional groups attached to an aromatic ring is 1. The number of carbonyl (C=O) groups excluding carboxylic acids is 1. The number of hydrazine groups is 1. The molecular formula is C10H17N3O4S. The van der Waals surface area contributed by atoms with Gasteiger partial charge in [0, 0.05) is 24.9 Å². The fourth-order valence-corrected chi connectivity index (χ4v) is 2.06. The number of hydrogen-bond donors (Lipinski definition) is 2. The topological polar surface area (TPSA) is 106 Å². The lowest BCUT2D eigenvalue weighted by Crippen LogP contribution is -2.31. The molecule has 0 fully saturated rings. The fraction of sp³-hybridized carbons (Fsp3) is 0.500. The molecule has 0 aromatic carbocycles. The number of hydrogen-bond acceptors (Lipinski definition) is 6. The standard InChI is InChI=1S/C10H17N3O4S/c1-13(4-6-18(2,15)16)7-8-3-5-17-9(8)10(14)12-11/h3,5H,4,6-7,11H2,1-2H3,(H,12,14). The van der Waals surface area contributed by atoms with Crippen LogP contribution < -0.4 is 11.3 Å². The van der Waals surface area contributed by atoms with Gasteiger partial charge in [-0.3, -0.25) is 10.2 Å². The van der Waals surface area contributed by atoms with Crippen molar-refractivity contribution in [3.63, 3.8) is 0 Å². The van der Waals surface area contributed by atoms with Gasteiger partial charge in [0.05, 0.1) is 12.0 Å². The highest BCUT2D eigenvalue weighted by Gasteiger charge is 2.16. The van der Waals surface area contributed by atoms with Gasteiger partial charge in [0.15, 0.2) is 5.76 Å². The fourth-order valence-electron chi connectivity index (χ4n) is 1.42. The molecule has 0 bridgehead atoms. The van der Waals surface area contributed by atoms with Crippen molar-refractivity contribution < 1.29 is 17.6 Å². The van der Waals surface area contributed by atoms with Crippen LogP contribution in [0.25, 0.3) is 0 Å². The Labute approximate surface area is 106 Å². The van der Waals surface area contributed by atoms with E-state index in [0.29, 0.717) is 18.7 Å². The van der Waals surface area contributed by atoms with Crippen molar-refractivity contribution in [3.8, 4) is 0 Å². The van der Waals surface area contributed by atoms with Crippen molar-refractivity contribution in [1.29, 1.82) is 0 Å². The minimum Gasteiger partial charge on any atom is -0.459 e. The zero-order chi connectivity index (χ0) is 13.8. The van der Waals surface area contributed by atoms with Gasteiger partial charge in [-0.2, -0.15) is 0 Å². The second-order valence-corrected chi connectivity index (χ2v) is 6.38. The summed E-state index contributed by atoms with van der Waals surface area (Å²) in [4.78, 5) is 13.1. The molecule has 0 aliphatic rings. The maximum absolute atomic E-state index is 11.3. The summed E-state index contributed by atoms with van der Waals surface area (Å²) in [7, 11) is -1.23. The summed E-state index contributed by atoms with van der Waals surface area (Å²) in [6.07, 6.45) is 2.58. The molecule has 0 spiro atoms. The lowest BCUT2D eigenvalue weighted by Gasteiger charge is -2.15. The number of rotatable bonds is 6. The first kappa shape index (κ1) is 14.7. The van der Waals surface area contributed by atoms with Crippen molar-refractivity contribution in [1.82, 2.24) is 10.3 Å². The van der Waals surface area contributed by atoms with Crippen molar-refractivity contribution in [2.75, 3.05) is 25.6 Å². The Kier molecular flexibility index (Phi) is 4.88.